The first-order valence-corrected chi connectivity index (χ1v) is 4.81. The zero-order valence-corrected chi connectivity index (χ0v) is 7.21. The van der Waals surface area contributed by atoms with Crippen LogP contribution in [0.5, 0.6) is 0 Å². The molecule has 0 spiro atoms. The minimum absolute atomic E-state index is 0.118. The Hall–Kier alpha value is -0.170. The first-order chi connectivity index (χ1) is 5.09. The summed E-state index contributed by atoms with van der Waals surface area (Å²) in [5.74, 6) is 0. The van der Waals surface area contributed by atoms with E-state index in [0.29, 0.717) is 13.1 Å². The summed E-state index contributed by atoms with van der Waals surface area (Å²) in [4.78, 5) is 0. The minimum Gasteiger partial charge on any atom is -0.395 e. The van der Waals surface area contributed by atoms with Gasteiger partial charge in [-0.3, -0.25) is 0 Å². The lowest BCUT2D eigenvalue weighted by Crippen LogP contribution is -2.32. The number of hydrogen-bond donors (Lipinski definition) is 1. The van der Waals surface area contributed by atoms with Gasteiger partial charge in [0.1, 0.15) is 0 Å². The third kappa shape index (κ3) is 1.53. The number of aliphatic hydroxyl groups is 1. The number of nitrogens with zero attached hydrogens (tertiary/aromatic N) is 2. The smallest absolute Gasteiger partial charge is 0.281 e. The first kappa shape index (κ1) is 8.92. The summed E-state index contributed by atoms with van der Waals surface area (Å²) in [6, 6.07) is 0. The quantitative estimate of drug-likeness (QED) is 0.561. The third-order valence-corrected chi connectivity index (χ3v) is 3.72. The summed E-state index contributed by atoms with van der Waals surface area (Å²) in [7, 11) is -1.69. The Bertz CT molecular complexity index is 224. The molecule has 0 aromatic carbocycles. The molecule has 1 heterocycles. The number of hydrogen-bond acceptors (Lipinski definition) is 3. The van der Waals surface area contributed by atoms with E-state index in [1.807, 2.05) is 0 Å². The van der Waals surface area contributed by atoms with Crippen LogP contribution in [-0.4, -0.2) is 55.4 Å². The lowest BCUT2D eigenvalue weighted by molar-refractivity contribution is 0.260. The van der Waals surface area contributed by atoms with E-state index >= 15 is 0 Å². The van der Waals surface area contributed by atoms with Crippen LogP contribution < -0.4 is 0 Å². The molecule has 0 unspecified atom stereocenters. The summed E-state index contributed by atoms with van der Waals surface area (Å²) in [5.41, 5.74) is 0. The van der Waals surface area contributed by atoms with Crippen LogP contribution in [0.15, 0.2) is 0 Å². The predicted octanol–water partition coefficient (Wildman–Crippen LogP) is -1.53. The van der Waals surface area contributed by atoms with Crippen LogP contribution in [0.25, 0.3) is 0 Å². The van der Waals surface area contributed by atoms with Crippen molar-refractivity contribution in [2.45, 2.75) is 0 Å². The second-order valence-electron chi connectivity index (χ2n) is 2.45. The number of likely N-dealkylation sites (N-methyl/N-ethyl adjacent to an activating group) is 1. The van der Waals surface area contributed by atoms with Crippen molar-refractivity contribution in [3.8, 4) is 0 Å². The fraction of sp³-hybridized carbons (Fsp3) is 1.00. The van der Waals surface area contributed by atoms with Gasteiger partial charge in [-0.05, 0) is 0 Å². The van der Waals surface area contributed by atoms with Crippen LogP contribution in [0.3, 0.4) is 0 Å². The number of rotatable bonds is 2. The van der Waals surface area contributed by atoms with Crippen molar-refractivity contribution in [3.05, 3.63) is 0 Å². The van der Waals surface area contributed by atoms with Crippen LogP contribution >= 0.6 is 0 Å². The molecule has 1 aliphatic heterocycles. The molecule has 66 valence electrons. The first-order valence-electron chi connectivity index (χ1n) is 3.41. The van der Waals surface area contributed by atoms with Crippen molar-refractivity contribution in [3.63, 3.8) is 0 Å². The van der Waals surface area contributed by atoms with Gasteiger partial charge < -0.3 is 5.11 Å². The zero-order valence-electron chi connectivity index (χ0n) is 6.39. The van der Waals surface area contributed by atoms with Gasteiger partial charge in [-0.25, -0.2) is 0 Å². The maximum atomic E-state index is 11.2. The maximum Gasteiger partial charge on any atom is 0.281 e. The van der Waals surface area contributed by atoms with Crippen molar-refractivity contribution in [1.29, 1.82) is 0 Å². The highest BCUT2D eigenvalue weighted by molar-refractivity contribution is 7.87. The molecule has 0 amide bonds. The Morgan fingerprint density at radius 3 is 2.45 bits per heavy atom. The Labute approximate surface area is 66.4 Å². The Morgan fingerprint density at radius 2 is 2.09 bits per heavy atom. The van der Waals surface area contributed by atoms with E-state index in [4.69, 9.17) is 5.11 Å². The Balaban J connectivity index is 2.71. The highest BCUT2D eigenvalue weighted by Gasteiger charge is 2.32. The molecular formula is C5H12N2O3S. The van der Waals surface area contributed by atoms with Crippen molar-refractivity contribution in [2.75, 3.05) is 33.3 Å². The highest BCUT2D eigenvalue weighted by atomic mass is 32.2. The fourth-order valence-electron chi connectivity index (χ4n) is 1.02. The van der Waals surface area contributed by atoms with E-state index in [2.05, 4.69) is 0 Å². The standard InChI is InChI=1S/C5H12N2O3S/c1-6-2-3-7(4-5-8)11(6,9)10/h8H,2-5H2,1H3. The van der Waals surface area contributed by atoms with Crippen LogP contribution in [0.4, 0.5) is 0 Å². The van der Waals surface area contributed by atoms with Gasteiger partial charge in [0.2, 0.25) is 0 Å². The van der Waals surface area contributed by atoms with Crippen molar-refractivity contribution >= 4 is 10.2 Å². The lowest BCUT2D eigenvalue weighted by Gasteiger charge is -2.13. The van der Waals surface area contributed by atoms with Gasteiger partial charge in [-0.1, -0.05) is 0 Å². The van der Waals surface area contributed by atoms with Gasteiger partial charge >= 0.3 is 0 Å². The second kappa shape index (κ2) is 3.06. The highest BCUT2D eigenvalue weighted by Crippen LogP contribution is 2.12. The molecule has 0 aromatic rings. The molecule has 1 rings (SSSR count). The topological polar surface area (TPSA) is 60.9 Å². The molecule has 1 fully saturated rings. The van der Waals surface area contributed by atoms with Crippen molar-refractivity contribution < 1.29 is 13.5 Å². The molecule has 1 N–H and O–H groups in total. The SMILES string of the molecule is CN1CCN(CCO)S1(=O)=O. The van der Waals surface area contributed by atoms with E-state index in [0.717, 1.165) is 0 Å². The molecule has 0 aliphatic carbocycles. The average Bonchev–Trinajstić information content (AvgIpc) is 2.16. The van der Waals surface area contributed by atoms with Gasteiger partial charge in [0.15, 0.2) is 0 Å². The van der Waals surface area contributed by atoms with Gasteiger partial charge in [-0.15, -0.1) is 0 Å². The summed E-state index contributed by atoms with van der Waals surface area (Å²) in [5, 5.41) is 8.52. The molecule has 0 saturated carbocycles. The van der Waals surface area contributed by atoms with E-state index in [1.54, 1.807) is 0 Å². The molecule has 5 nitrogen and oxygen atoms in total. The van der Waals surface area contributed by atoms with E-state index < -0.39 is 10.2 Å². The van der Waals surface area contributed by atoms with Crippen molar-refractivity contribution in [1.82, 2.24) is 8.61 Å². The molecule has 11 heavy (non-hydrogen) atoms. The van der Waals surface area contributed by atoms with Gasteiger partial charge in [0.25, 0.3) is 10.2 Å². The van der Waals surface area contributed by atoms with Crippen LogP contribution in [0.2, 0.25) is 0 Å². The average molecular weight is 180 g/mol. The Kier molecular flexibility index (Phi) is 2.48. The van der Waals surface area contributed by atoms with Gasteiger partial charge in [0.05, 0.1) is 6.61 Å². The summed E-state index contributed by atoms with van der Waals surface area (Å²) in [6.07, 6.45) is 0. The molecule has 1 saturated heterocycles. The molecular weight excluding hydrogens is 168 g/mol. The molecule has 0 aromatic heterocycles. The van der Waals surface area contributed by atoms with E-state index in [-0.39, 0.29) is 13.2 Å². The number of β-amino-alcohol motifs (C(OH)–C–C–N with tert-alkyl or cyclic N) is 1. The third-order valence-electron chi connectivity index (χ3n) is 1.73. The van der Waals surface area contributed by atoms with E-state index in [1.165, 1.54) is 15.7 Å². The fourth-order valence-corrected chi connectivity index (χ4v) is 2.35. The van der Waals surface area contributed by atoms with Crippen LogP contribution in [-0.2, 0) is 10.2 Å². The summed E-state index contributed by atoms with van der Waals surface area (Å²) < 4.78 is 25.0. The zero-order chi connectivity index (χ0) is 8.48. The van der Waals surface area contributed by atoms with Crippen LogP contribution in [0.1, 0.15) is 0 Å². The van der Waals surface area contributed by atoms with Gasteiger partial charge in [0, 0.05) is 26.7 Å². The molecule has 0 atom stereocenters. The monoisotopic (exact) mass is 180 g/mol. The molecule has 1 aliphatic rings. The van der Waals surface area contributed by atoms with Crippen molar-refractivity contribution in [2.24, 2.45) is 0 Å². The Morgan fingerprint density at radius 1 is 1.45 bits per heavy atom. The predicted molar refractivity (Wildman–Crippen MR) is 40.2 cm³/mol. The van der Waals surface area contributed by atoms with Crippen LogP contribution in [0, 0.1) is 0 Å². The summed E-state index contributed by atoms with van der Waals surface area (Å²) in [6.45, 7) is 1.08. The molecule has 0 radical (unpaired) electrons. The van der Waals surface area contributed by atoms with E-state index in [9.17, 15) is 8.42 Å². The van der Waals surface area contributed by atoms with Gasteiger partial charge in [-0.2, -0.15) is 17.0 Å². The number of aliphatic hydroxyl groups excluding tert-OH is 1. The summed E-state index contributed by atoms with van der Waals surface area (Å²) >= 11 is 0. The largest absolute Gasteiger partial charge is 0.395 e. The lowest BCUT2D eigenvalue weighted by atomic mass is 10.6. The minimum atomic E-state index is -3.22. The maximum absolute atomic E-state index is 11.2. The normalized spacial score (nSPS) is 26.0. The second-order valence-corrected chi connectivity index (χ2v) is 4.49. The molecule has 0 bridgehead atoms. The molecule has 6 heteroatoms.